The Labute approximate surface area is 172 Å². The van der Waals surface area contributed by atoms with Crippen LogP contribution in [0.15, 0.2) is 52.2 Å². The van der Waals surface area contributed by atoms with Gasteiger partial charge < -0.3 is 19.6 Å². The average molecular weight is 411 g/mol. The largest absolute Gasteiger partial charge is 0.467 e. The molecule has 0 saturated heterocycles. The van der Waals surface area contributed by atoms with Crippen molar-refractivity contribution in [2.45, 2.75) is 37.5 Å². The van der Waals surface area contributed by atoms with E-state index in [-0.39, 0.29) is 24.1 Å². The number of aryl methyl sites for hydroxylation is 1. The van der Waals surface area contributed by atoms with Crippen LogP contribution in [-0.2, 0) is 11.3 Å². The first-order chi connectivity index (χ1) is 14.1. The molecule has 2 aromatic heterocycles. The van der Waals surface area contributed by atoms with E-state index in [1.54, 1.807) is 42.7 Å². The van der Waals surface area contributed by atoms with E-state index in [1.165, 1.54) is 11.8 Å². The number of nitrogens with one attached hydrogen (secondary N) is 2. The third-order valence-electron chi connectivity index (χ3n) is 4.53. The van der Waals surface area contributed by atoms with E-state index in [9.17, 15) is 9.59 Å². The number of furan rings is 1. The fraction of sp³-hybridized carbons (Fsp3) is 0.300. The predicted molar refractivity (Wildman–Crippen MR) is 109 cm³/mol. The Balaban J connectivity index is 1.36. The molecule has 1 aliphatic rings. The lowest BCUT2D eigenvalue weighted by atomic mass is 10.1. The third-order valence-corrected chi connectivity index (χ3v) is 5.47. The third kappa shape index (κ3) is 4.68. The van der Waals surface area contributed by atoms with Gasteiger partial charge in [-0.2, -0.15) is 0 Å². The van der Waals surface area contributed by atoms with Gasteiger partial charge in [-0.1, -0.05) is 23.9 Å². The number of nitrogens with zero attached hydrogens (tertiary/aromatic N) is 3. The fourth-order valence-corrected chi connectivity index (χ4v) is 3.83. The molecule has 1 aliphatic carbocycles. The quantitative estimate of drug-likeness (QED) is 0.552. The molecule has 8 nitrogen and oxygen atoms in total. The molecule has 0 atom stereocenters. The smallest absolute Gasteiger partial charge is 0.253 e. The van der Waals surface area contributed by atoms with Crippen LogP contribution in [0, 0.1) is 6.92 Å². The number of hydrogen-bond acceptors (Lipinski definition) is 6. The van der Waals surface area contributed by atoms with Gasteiger partial charge >= 0.3 is 0 Å². The molecule has 1 saturated carbocycles. The molecule has 1 aromatic carbocycles. The molecule has 0 bridgehead atoms. The van der Waals surface area contributed by atoms with Crippen LogP contribution in [0.1, 0.15) is 40.8 Å². The van der Waals surface area contributed by atoms with Crippen molar-refractivity contribution in [1.29, 1.82) is 0 Å². The first-order valence-electron chi connectivity index (χ1n) is 9.35. The van der Waals surface area contributed by atoms with E-state index in [1.807, 2.05) is 6.92 Å². The van der Waals surface area contributed by atoms with Crippen molar-refractivity contribution in [3.05, 3.63) is 59.8 Å². The molecule has 0 unspecified atom stereocenters. The van der Waals surface area contributed by atoms with E-state index >= 15 is 0 Å². The van der Waals surface area contributed by atoms with E-state index in [0.29, 0.717) is 23.1 Å². The van der Waals surface area contributed by atoms with Crippen LogP contribution in [0.3, 0.4) is 0 Å². The van der Waals surface area contributed by atoms with Crippen LogP contribution in [-0.4, -0.2) is 32.3 Å². The fourth-order valence-electron chi connectivity index (χ4n) is 2.98. The highest BCUT2D eigenvalue weighted by Crippen LogP contribution is 2.38. The summed E-state index contributed by atoms with van der Waals surface area (Å²) in [7, 11) is 0. The Morgan fingerprint density at radius 1 is 1.21 bits per heavy atom. The summed E-state index contributed by atoms with van der Waals surface area (Å²) in [6.45, 7) is 2.20. The van der Waals surface area contributed by atoms with Crippen molar-refractivity contribution in [2.24, 2.45) is 0 Å². The number of thioether (sulfide) groups is 1. The molecule has 4 rings (SSSR count). The highest BCUT2D eigenvalue weighted by molar-refractivity contribution is 7.99. The number of carbonyl (C=O) groups is 2. The van der Waals surface area contributed by atoms with Gasteiger partial charge in [-0.05, 0) is 44.0 Å². The molecule has 0 radical (unpaired) electrons. The van der Waals surface area contributed by atoms with Crippen molar-refractivity contribution in [2.75, 3.05) is 11.1 Å². The molecule has 0 aliphatic heterocycles. The normalized spacial score (nSPS) is 13.3. The lowest BCUT2D eigenvalue weighted by Gasteiger charge is -2.11. The Morgan fingerprint density at radius 3 is 2.79 bits per heavy atom. The van der Waals surface area contributed by atoms with Gasteiger partial charge in [0.15, 0.2) is 5.16 Å². The molecular weight excluding hydrogens is 390 g/mol. The van der Waals surface area contributed by atoms with Gasteiger partial charge in [0, 0.05) is 6.04 Å². The summed E-state index contributed by atoms with van der Waals surface area (Å²) in [5.74, 6) is 1.23. The molecule has 2 N–H and O–H groups in total. The molecule has 1 fully saturated rings. The summed E-state index contributed by atoms with van der Waals surface area (Å²) in [5, 5.41) is 14.7. The number of carbonyl (C=O) groups excluding carboxylic acids is 2. The number of benzene rings is 1. The summed E-state index contributed by atoms with van der Waals surface area (Å²) in [6, 6.07) is 10.9. The zero-order valence-corrected chi connectivity index (χ0v) is 16.7. The molecule has 2 heterocycles. The van der Waals surface area contributed by atoms with Crippen LogP contribution in [0.25, 0.3) is 0 Å². The number of rotatable bonds is 8. The number of anilines is 1. The van der Waals surface area contributed by atoms with Crippen molar-refractivity contribution >= 4 is 29.3 Å². The first-order valence-corrected chi connectivity index (χ1v) is 10.3. The lowest BCUT2D eigenvalue weighted by Crippen LogP contribution is -2.25. The Kier molecular flexibility index (Phi) is 5.66. The number of aromatic nitrogens is 3. The predicted octanol–water partition coefficient (Wildman–Crippen LogP) is 3.18. The Bertz CT molecular complexity index is 1010. The zero-order valence-electron chi connectivity index (χ0n) is 15.9. The highest BCUT2D eigenvalue weighted by Gasteiger charge is 2.28. The summed E-state index contributed by atoms with van der Waals surface area (Å²) in [6.07, 6.45) is 3.80. The molecule has 9 heteroatoms. The van der Waals surface area contributed by atoms with Crippen LogP contribution in [0.2, 0.25) is 0 Å². The Morgan fingerprint density at radius 2 is 2.03 bits per heavy atom. The second-order valence-corrected chi connectivity index (χ2v) is 7.72. The summed E-state index contributed by atoms with van der Waals surface area (Å²) in [5.41, 5.74) is 0.865. The van der Waals surface area contributed by atoms with E-state index in [2.05, 4.69) is 25.4 Å². The van der Waals surface area contributed by atoms with Gasteiger partial charge in [0.1, 0.15) is 11.6 Å². The van der Waals surface area contributed by atoms with Gasteiger partial charge in [-0.15, -0.1) is 10.2 Å². The monoisotopic (exact) mass is 411 g/mol. The van der Waals surface area contributed by atoms with E-state index < -0.39 is 0 Å². The molecule has 150 valence electrons. The SMILES string of the molecule is Cc1nnc(SCC(=O)Nc2ccccc2C(=O)NCc2ccco2)n1C1CC1. The van der Waals surface area contributed by atoms with Crippen molar-refractivity contribution in [3.63, 3.8) is 0 Å². The minimum absolute atomic E-state index is 0.188. The maximum absolute atomic E-state index is 12.5. The first kappa shape index (κ1) is 19.3. The average Bonchev–Trinajstić information content (AvgIpc) is 3.27. The highest BCUT2D eigenvalue weighted by atomic mass is 32.2. The standard InChI is InChI=1S/C20H21N5O3S/c1-13-23-24-20(25(13)14-8-9-14)29-12-18(26)22-17-7-3-2-6-16(17)19(27)21-11-15-5-4-10-28-15/h2-7,10,14H,8-9,11-12H2,1H3,(H,21,27)(H,22,26). The molecule has 2 amide bonds. The second-order valence-electron chi connectivity index (χ2n) is 6.78. The summed E-state index contributed by atoms with van der Waals surface area (Å²) < 4.78 is 7.31. The van der Waals surface area contributed by atoms with Crippen molar-refractivity contribution in [1.82, 2.24) is 20.1 Å². The molecule has 3 aromatic rings. The minimum atomic E-state index is -0.283. The molecular formula is C20H21N5O3S. The number of amides is 2. The van der Waals surface area contributed by atoms with E-state index in [0.717, 1.165) is 23.8 Å². The maximum Gasteiger partial charge on any atom is 0.253 e. The van der Waals surface area contributed by atoms with Gasteiger partial charge in [-0.25, -0.2) is 0 Å². The maximum atomic E-state index is 12.5. The van der Waals surface area contributed by atoms with E-state index in [4.69, 9.17) is 4.42 Å². The van der Waals surface area contributed by atoms with Gasteiger partial charge in [0.25, 0.3) is 5.91 Å². The summed E-state index contributed by atoms with van der Waals surface area (Å²) in [4.78, 5) is 25.0. The van der Waals surface area contributed by atoms with Crippen LogP contribution in [0.5, 0.6) is 0 Å². The van der Waals surface area contributed by atoms with Crippen LogP contribution < -0.4 is 10.6 Å². The Hall–Kier alpha value is -3.07. The van der Waals surface area contributed by atoms with Crippen molar-refractivity contribution in [3.8, 4) is 0 Å². The lowest BCUT2D eigenvalue weighted by molar-refractivity contribution is -0.113. The second kappa shape index (κ2) is 8.52. The van der Waals surface area contributed by atoms with Gasteiger partial charge in [0.05, 0.1) is 29.8 Å². The van der Waals surface area contributed by atoms with Crippen LogP contribution in [0.4, 0.5) is 5.69 Å². The topological polar surface area (TPSA) is 102 Å². The number of para-hydroxylation sites is 1. The van der Waals surface area contributed by atoms with Gasteiger partial charge in [-0.3, -0.25) is 9.59 Å². The molecule has 29 heavy (non-hydrogen) atoms. The van der Waals surface area contributed by atoms with Crippen LogP contribution >= 0.6 is 11.8 Å². The minimum Gasteiger partial charge on any atom is -0.467 e. The van der Waals surface area contributed by atoms with Crippen molar-refractivity contribution < 1.29 is 14.0 Å². The van der Waals surface area contributed by atoms with Gasteiger partial charge in [0.2, 0.25) is 5.91 Å². The summed E-state index contributed by atoms with van der Waals surface area (Å²) >= 11 is 1.35. The molecule has 0 spiro atoms. The zero-order chi connectivity index (χ0) is 20.2. The number of hydrogen-bond donors (Lipinski definition) is 2.